The number of hydrogen-bond acceptors (Lipinski definition) is 3. The molecule has 0 amide bonds. The number of ether oxygens (including phenoxy) is 1. The van der Waals surface area contributed by atoms with E-state index in [4.69, 9.17) is 4.74 Å². The zero-order valence-electron chi connectivity index (χ0n) is 11.5. The van der Waals surface area contributed by atoms with Crippen molar-refractivity contribution >= 4 is 0 Å². The molecule has 1 N–H and O–H groups in total. The van der Waals surface area contributed by atoms with Crippen LogP contribution in [0.25, 0.3) is 11.3 Å². The molecule has 0 fully saturated rings. The third kappa shape index (κ3) is 3.20. The molecule has 2 aromatic rings. The molecule has 1 aromatic carbocycles. The summed E-state index contributed by atoms with van der Waals surface area (Å²) in [6, 6.07) is 3.80. The third-order valence-corrected chi connectivity index (χ3v) is 2.90. The molecular formula is C14H17F2N3O. The topological polar surface area (TPSA) is 39.1 Å². The van der Waals surface area contributed by atoms with Gasteiger partial charge in [-0.3, -0.25) is 4.68 Å². The van der Waals surface area contributed by atoms with Crippen LogP contribution in [0, 0.1) is 11.6 Å². The van der Waals surface area contributed by atoms with Crippen LogP contribution in [-0.4, -0.2) is 30.0 Å². The van der Waals surface area contributed by atoms with E-state index in [-0.39, 0.29) is 5.56 Å². The van der Waals surface area contributed by atoms with Crippen LogP contribution in [0.15, 0.2) is 24.4 Å². The fourth-order valence-corrected chi connectivity index (χ4v) is 2.00. The maximum absolute atomic E-state index is 13.8. The first-order valence-electron chi connectivity index (χ1n) is 6.30. The normalized spacial score (nSPS) is 11.0. The summed E-state index contributed by atoms with van der Waals surface area (Å²) < 4.78 is 34.2. The minimum atomic E-state index is -0.609. The Morgan fingerprint density at radius 2 is 2.00 bits per heavy atom. The predicted octanol–water partition coefficient (Wildman–Crippen LogP) is 2.10. The SMILES string of the molecule is COCCNCc1cn(C)nc1-c1c(F)cccc1F. The Hall–Kier alpha value is -1.79. The van der Waals surface area contributed by atoms with Gasteiger partial charge in [0.1, 0.15) is 17.3 Å². The average Bonchev–Trinajstić information content (AvgIpc) is 2.76. The van der Waals surface area contributed by atoms with E-state index in [9.17, 15) is 8.78 Å². The Kier molecular flexibility index (Phi) is 4.81. The molecule has 6 heteroatoms. The minimum absolute atomic E-state index is 0.0864. The predicted molar refractivity (Wildman–Crippen MR) is 72.1 cm³/mol. The fourth-order valence-electron chi connectivity index (χ4n) is 2.00. The number of nitrogens with one attached hydrogen (secondary N) is 1. The van der Waals surface area contributed by atoms with E-state index in [1.807, 2.05) is 0 Å². The van der Waals surface area contributed by atoms with Crippen molar-refractivity contribution in [3.8, 4) is 11.3 Å². The van der Waals surface area contributed by atoms with Gasteiger partial charge in [-0.05, 0) is 12.1 Å². The van der Waals surface area contributed by atoms with Crippen molar-refractivity contribution in [2.75, 3.05) is 20.3 Å². The fraction of sp³-hybridized carbons (Fsp3) is 0.357. The summed E-state index contributed by atoms with van der Waals surface area (Å²) >= 11 is 0. The van der Waals surface area contributed by atoms with Gasteiger partial charge in [0.15, 0.2) is 0 Å². The molecule has 0 aliphatic heterocycles. The van der Waals surface area contributed by atoms with Crippen LogP contribution in [0.4, 0.5) is 8.78 Å². The van der Waals surface area contributed by atoms with Crippen molar-refractivity contribution in [3.05, 3.63) is 41.6 Å². The molecule has 1 aromatic heterocycles. The van der Waals surface area contributed by atoms with Crippen LogP contribution in [0.5, 0.6) is 0 Å². The highest BCUT2D eigenvalue weighted by atomic mass is 19.1. The van der Waals surface area contributed by atoms with Gasteiger partial charge < -0.3 is 10.1 Å². The second-order valence-corrected chi connectivity index (χ2v) is 4.44. The Labute approximate surface area is 116 Å². The highest BCUT2D eigenvalue weighted by Gasteiger charge is 2.17. The first-order chi connectivity index (χ1) is 9.63. The molecule has 0 aliphatic carbocycles. The highest BCUT2D eigenvalue weighted by Crippen LogP contribution is 2.27. The second kappa shape index (κ2) is 6.58. The van der Waals surface area contributed by atoms with E-state index in [0.29, 0.717) is 25.4 Å². The van der Waals surface area contributed by atoms with Gasteiger partial charge >= 0.3 is 0 Å². The maximum Gasteiger partial charge on any atom is 0.135 e. The summed E-state index contributed by atoms with van der Waals surface area (Å²) in [6.45, 7) is 1.70. The lowest BCUT2D eigenvalue weighted by molar-refractivity contribution is 0.199. The zero-order chi connectivity index (χ0) is 14.5. The molecule has 0 radical (unpaired) electrons. The molecular weight excluding hydrogens is 264 g/mol. The number of methoxy groups -OCH3 is 1. The smallest absolute Gasteiger partial charge is 0.135 e. The summed E-state index contributed by atoms with van der Waals surface area (Å²) in [4.78, 5) is 0. The van der Waals surface area contributed by atoms with Gasteiger partial charge in [0.05, 0.1) is 12.2 Å². The van der Waals surface area contributed by atoms with Gasteiger partial charge in [0.25, 0.3) is 0 Å². The van der Waals surface area contributed by atoms with Crippen LogP contribution >= 0.6 is 0 Å². The lowest BCUT2D eigenvalue weighted by atomic mass is 10.1. The Balaban J connectivity index is 2.27. The monoisotopic (exact) mass is 281 g/mol. The molecule has 0 atom stereocenters. The largest absolute Gasteiger partial charge is 0.383 e. The molecule has 0 saturated carbocycles. The van der Waals surface area contributed by atoms with Crippen molar-refractivity contribution in [1.82, 2.24) is 15.1 Å². The van der Waals surface area contributed by atoms with Gasteiger partial charge in [0.2, 0.25) is 0 Å². The van der Waals surface area contributed by atoms with Crippen LogP contribution in [0.1, 0.15) is 5.56 Å². The average molecular weight is 281 g/mol. The Bertz CT molecular complexity index is 564. The molecule has 2 rings (SSSR count). The number of aromatic nitrogens is 2. The summed E-state index contributed by atoms with van der Waals surface area (Å²) in [7, 11) is 3.34. The van der Waals surface area contributed by atoms with Crippen molar-refractivity contribution in [2.45, 2.75) is 6.54 Å². The lowest BCUT2D eigenvalue weighted by Gasteiger charge is -2.06. The Morgan fingerprint density at radius 1 is 1.30 bits per heavy atom. The third-order valence-electron chi connectivity index (χ3n) is 2.90. The van der Waals surface area contributed by atoms with Crippen molar-refractivity contribution < 1.29 is 13.5 Å². The molecule has 0 spiro atoms. The number of aryl methyl sites for hydroxylation is 1. The van der Waals surface area contributed by atoms with Crippen LogP contribution in [0.3, 0.4) is 0 Å². The highest BCUT2D eigenvalue weighted by molar-refractivity contribution is 5.64. The van der Waals surface area contributed by atoms with Gasteiger partial charge in [-0.1, -0.05) is 6.07 Å². The number of hydrogen-bond donors (Lipinski definition) is 1. The minimum Gasteiger partial charge on any atom is -0.383 e. The van der Waals surface area contributed by atoms with Crippen molar-refractivity contribution in [2.24, 2.45) is 7.05 Å². The van der Waals surface area contributed by atoms with Gasteiger partial charge in [-0.2, -0.15) is 5.10 Å². The molecule has 0 aliphatic rings. The van der Waals surface area contributed by atoms with Crippen LogP contribution in [0.2, 0.25) is 0 Å². The Morgan fingerprint density at radius 3 is 2.65 bits per heavy atom. The van der Waals surface area contributed by atoms with Gasteiger partial charge in [-0.15, -0.1) is 0 Å². The standard InChI is InChI=1S/C14H17F2N3O/c1-19-9-10(8-17-6-7-20-2)14(18-19)13-11(15)4-3-5-12(13)16/h3-5,9,17H,6-8H2,1-2H3. The van der Waals surface area contributed by atoms with Gasteiger partial charge in [-0.25, -0.2) is 8.78 Å². The zero-order valence-corrected chi connectivity index (χ0v) is 11.5. The summed E-state index contributed by atoms with van der Waals surface area (Å²) in [5, 5.41) is 7.31. The van der Waals surface area contributed by atoms with Crippen LogP contribution in [-0.2, 0) is 18.3 Å². The number of nitrogens with zero attached hydrogens (tertiary/aromatic N) is 2. The van der Waals surface area contributed by atoms with E-state index >= 15 is 0 Å². The van der Waals surface area contributed by atoms with Crippen molar-refractivity contribution in [1.29, 1.82) is 0 Å². The summed E-state index contributed by atoms with van der Waals surface area (Å²) in [5.41, 5.74) is 0.984. The van der Waals surface area contributed by atoms with E-state index in [1.165, 1.54) is 18.2 Å². The molecule has 1 heterocycles. The number of rotatable bonds is 6. The van der Waals surface area contributed by atoms with E-state index in [1.54, 1.807) is 25.0 Å². The van der Waals surface area contributed by atoms with E-state index < -0.39 is 11.6 Å². The van der Waals surface area contributed by atoms with Crippen molar-refractivity contribution in [3.63, 3.8) is 0 Å². The molecule has 0 bridgehead atoms. The number of benzene rings is 1. The molecule has 20 heavy (non-hydrogen) atoms. The number of halogens is 2. The first-order valence-corrected chi connectivity index (χ1v) is 6.30. The first kappa shape index (κ1) is 14.6. The summed E-state index contributed by atoms with van der Waals surface area (Å²) in [5.74, 6) is -1.22. The molecule has 108 valence electrons. The van der Waals surface area contributed by atoms with E-state index in [0.717, 1.165) is 5.56 Å². The molecule has 0 unspecified atom stereocenters. The summed E-state index contributed by atoms with van der Waals surface area (Å²) in [6.07, 6.45) is 1.75. The van der Waals surface area contributed by atoms with Gasteiger partial charge in [0, 0.05) is 39.0 Å². The quantitative estimate of drug-likeness (QED) is 0.824. The van der Waals surface area contributed by atoms with E-state index in [2.05, 4.69) is 10.4 Å². The lowest BCUT2D eigenvalue weighted by Crippen LogP contribution is -2.18. The van der Waals surface area contributed by atoms with Crippen LogP contribution < -0.4 is 5.32 Å². The second-order valence-electron chi connectivity index (χ2n) is 4.44. The molecule has 4 nitrogen and oxygen atoms in total. The molecule has 0 saturated heterocycles. The maximum atomic E-state index is 13.8.